The monoisotopic (exact) mass is 212 g/mol. The number of rotatable bonds is 2. The van der Waals surface area contributed by atoms with Crippen LogP contribution in [0.3, 0.4) is 0 Å². The summed E-state index contributed by atoms with van der Waals surface area (Å²) in [5.74, 6) is -0.504. The van der Waals surface area contributed by atoms with Crippen molar-refractivity contribution in [3.05, 3.63) is 0 Å². The molecule has 1 saturated carbocycles. The molecule has 84 valence electrons. The van der Waals surface area contributed by atoms with E-state index in [9.17, 15) is 9.59 Å². The molecule has 2 aliphatic rings. The van der Waals surface area contributed by atoms with E-state index in [4.69, 9.17) is 5.11 Å². The van der Waals surface area contributed by atoms with E-state index in [1.807, 2.05) is 0 Å². The third-order valence-corrected chi connectivity index (χ3v) is 3.29. The lowest BCUT2D eigenvalue weighted by Crippen LogP contribution is -2.58. The Morgan fingerprint density at radius 1 is 1.47 bits per heavy atom. The second-order valence-electron chi connectivity index (χ2n) is 4.37. The highest BCUT2D eigenvalue weighted by Gasteiger charge is 2.35. The molecule has 0 aromatic heterocycles. The number of fused-ring (bicyclic) bond motifs is 1. The highest BCUT2D eigenvalue weighted by Crippen LogP contribution is 2.27. The summed E-state index contributed by atoms with van der Waals surface area (Å²) in [5, 5.41) is 11.6. The average Bonchev–Trinajstić information content (AvgIpc) is 2.18. The van der Waals surface area contributed by atoms with Crippen LogP contribution in [0.25, 0.3) is 0 Å². The summed E-state index contributed by atoms with van der Waals surface area (Å²) in [7, 11) is 0. The maximum atomic E-state index is 11.5. The zero-order valence-electron chi connectivity index (χ0n) is 8.61. The summed E-state index contributed by atoms with van der Waals surface area (Å²) >= 11 is 0. The number of nitrogens with one attached hydrogen (secondary N) is 1. The van der Waals surface area contributed by atoms with Crippen molar-refractivity contribution < 1.29 is 14.7 Å². The number of hydrogen-bond acceptors (Lipinski definition) is 2. The van der Waals surface area contributed by atoms with Gasteiger partial charge < -0.3 is 15.3 Å². The van der Waals surface area contributed by atoms with Crippen LogP contribution >= 0.6 is 0 Å². The molecule has 0 bridgehead atoms. The molecule has 2 amide bonds. The number of carboxylic acid groups (broad SMARTS) is 1. The molecule has 5 nitrogen and oxygen atoms in total. The number of urea groups is 1. The summed E-state index contributed by atoms with van der Waals surface area (Å²) in [4.78, 5) is 23.5. The van der Waals surface area contributed by atoms with Crippen molar-refractivity contribution in [2.45, 2.75) is 31.7 Å². The molecule has 0 aromatic rings. The second-order valence-corrected chi connectivity index (χ2v) is 4.37. The molecule has 1 aliphatic heterocycles. The molecule has 0 aromatic carbocycles. The Morgan fingerprint density at radius 3 is 2.93 bits per heavy atom. The van der Waals surface area contributed by atoms with Crippen LogP contribution in [0, 0.1) is 5.92 Å². The molecule has 2 fully saturated rings. The Labute approximate surface area is 88.4 Å². The highest BCUT2D eigenvalue weighted by atomic mass is 16.4. The summed E-state index contributed by atoms with van der Waals surface area (Å²) in [6, 6.07) is 0.0526. The first-order valence-corrected chi connectivity index (χ1v) is 5.44. The first kappa shape index (κ1) is 10.3. The van der Waals surface area contributed by atoms with Gasteiger partial charge in [-0.1, -0.05) is 12.8 Å². The Bertz CT molecular complexity index is 280. The molecule has 0 radical (unpaired) electrons. The maximum absolute atomic E-state index is 11.5. The Hall–Kier alpha value is -1.26. The molecule has 0 spiro atoms. The van der Waals surface area contributed by atoms with Crippen LogP contribution in [0.2, 0.25) is 0 Å². The fourth-order valence-electron chi connectivity index (χ4n) is 2.53. The van der Waals surface area contributed by atoms with E-state index in [0.717, 1.165) is 12.8 Å². The number of aliphatic carboxylic acids is 1. The van der Waals surface area contributed by atoms with Crippen molar-refractivity contribution in [1.82, 2.24) is 10.2 Å². The van der Waals surface area contributed by atoms with Crippen LogP contribution in [0.5, 0.6) is 0 Å². The molecule has 2 atom stereocenters. The SMILES string of the molecule is O=C(O)CN1CC2CCCCC2NC1=O. The van der Waals surface area contributed by atoms with Gasteiger partial charge in [0, 0.05) is 12.6 Å². The minimum atomic E-state index is -0.945. The lowest BCUT2D eigenvalue weighted by molar-refractivity contribution is -0.138. The molecule has 2 N–H and O–H groups in total. The van der Waals surface area contributed by atoms with Gasteiger partial charge in [0.1, 0.15) is 6.54 Å². The topological polar surface area (TPSA) is 69.6 Å². The van der Waals surface area contributed by atoms with Crippen LogP contribution in [0.4, 0.5) is 4.79 Å². The third kappa shape index (κ3) is 2.22. The number of hydrogen-bond donors (Lipinski definition) is 2. The minimum Gasteiger partial charge on any atom is -0.480 e. The molecule has 1 saturated heterocycles. The maximum Gasteiger partial charge on any atom is 0.323 e. The van der Waals surface area contributed by atoms with Gasteiger partial charge >= 0.3 is 12.0 Å². The molecular weight excluding hydrogens is 196 g/mol. The molecule has 5 heteroatoms. The number of amides is 2. The van der Waals surface area contributed by atoms with Crippen LogP contribution in [0.15, 0.2) is 0 Å². The van der Waals surface area contributed by atoms with E-state index in [0.29, 0.717) is 12.5 Å². The van der Waals surface area contributed by atoms with Crippen LogP contribution in [-0.2, 0) is 4.79 Å². The van der Waals surface area contributed by atoms with Crippen molar-refractivity contribution in [2.24, 2.45) is 5.92 Å². The predicted molar refractivity (Wildman–Crippen MR) is 53.5 cm³/mol. The molecule has 1 aliphatic carbocycles. The normalized spacial score (nSPS) is 30.7. The van der Waals surface area contributed by atoms with Gasteiger partial charge in [-0.05, 0) is 18.8 Å². The molecular formula is C10H16N2O3. The zero-order valence-corrected chi connectivity index (χ0v) is 8.61. The number of carboxylic acids is 1. The summed E-state index contributed by atoms with van der Waals surface area (Å²) in [5.41, 5.74) is 0. The van der Waals surface area contributed by atoms with Gasteiger partial charge in [-0.3, -0.25) is 4.79 Å². The quantitative estimate of drug-likeness (QED) is 0.706. The van der Waals surface area contributed by atoms with Crippen molar-refractivity contribution in [1.29, 1.82) is 0 Å². The molecule has 2 unspecified atom stereocenters. The van der Waals surface area contributed by atoms with E-state index in [2.05, 4.69) is 5.32 Å². The summed E-state index contributed by atoms with van der Waals surface area (Å²) in [6.45, 7) is 0.415. The van der Waals surface area contributed by atoms with Gasteiger partial charge in [-0.2, -0.15) is 0 Å². The minimum absolute atomic E-state index is 0.185. The Balaban J connectivity index is 1.98. The van der Waals surface area contributed by atoms with Gasteiger partial charge in [0.2, 0.25) is 0 Å². The largest absolute Gasteiger partial charge is 0.480 e. The molecule has 15 heavy (non-hydrogen) atoms. The highest BCUT2D eigenvalue weighted by molar-refractivity contribution is 5.80. The lowest BCUT2D eigenvalue weighted by Gasteiger charge is -2.41. The molecule has 1 heterocycles. The first-order chi connectivity index (χ1) is 7.16. The lowest BCUT2D eigenvalue weighted by atomic mass is 9.83. The Kier molecular flexibility index (Phi) is 2.79. The smallest absolute Gasteiger partial charge is 0.323 e. The number of nitrogens with zero attached hydrogens (tertiary/aromatic N) is 1. The first-order valence-electron chi connectivity index (χ1n) is 5.44. The van der Waals surface area contributed by atoms with E-state index in [1.165, 1.54) is 17.7 Å². The third-order valence-electron chi connectivity index (χ3n) is 3.29. The van der Waals surface area contributed by atoms with E-state index in [-0.39, 0.29) is 18.6 Å². The van der Waals surface area contributed by atoms with Crippen LogP contribution < -0.4 is 5.32 Å². The molecule has 2 rings (SSSR count). The number of carbonyl (C=O) groups is 2. The van der Waals surface area contributed by atoms with E-state index in [1.54, 1.807) is 0 Å². The van der Waals surface area contributed by atoms with Gasteiger partial charge in [0.05, 0.1) is 0 Å². The fourth-order valence-corrected chi connectivity index (χ4v) is 2.53. The van der Waals surface area contributed by atoms with E-state index < -0.39 is 5.97 Å². The standard InChI is InChI=1S/C10H16N2O3/c13-9(14)6-12-5-7-3-1-2-4-8(7)11-10(12)15/h7-8H,1-6H2,(H,11,15)(H,13,14). The van der Waals surface area contributed by atoms with E-state index >= 15 is 0 Å². The summed E-state index contributed by atoms with van der Waals surface area (Å²) in [6.07, 6.45) is 4.50. The fraction of sp³-hybridized carbons (Fsp3) is 0.800. The summed E-state index contributed by atoms with van der Waals surface area (Å²) < 4.78 is 0. The predicted octanol–water partition coefficient (Wildman–Crippen LogP) is 0.655. The van der Waals surface area contributed by atoms with Crippen molar-refractivity contribution >= 4 is 12.0 Å². The van der Waals surface area contributed by atoms with Gasteiger partial charge in [0.25, 0.3) is 0 Å². The zero-order chi connectivity index (χ0) is 10.8. The van der Waals surface area contributed by atoms with Crippen molar-refractivity contribution in [3.8, 4) is 0 Å². The van der Waals surface area contributed by atoms with Crippen LogP contribution in [-0.4, -0.2) is 41.1 Å². The Morgan fingerprint density at radius 2 is 2.20 bits per heavy atom. The van der Waals surface area contributed by atoms with Gasteiger partial charge in [0.15, 0.2) is 0 Å². The van der Waals surface area contributed by atoms with Crippen molar-refractivity contribution in [2.75, 3.05) is 13.1 Å². The number of carbonyl (C=O) groups excluding carboxylic acids is 1. The van der Waals surface area contributed by atoms with Crippen molar-refractivity contribution in [3.63, 3.8) is 0 Å². The van der Waals surface area contributed by atoms with Gasteiger partial charge in [-0.25, -0.2) is 4.79 Å². The van der Waals surface area contributed by atoms with Gasteiger partial charge in [-0.15, -0.1) is 0 Å². The second kappa shape index (κ2) is 4.08. The van der Waals surface area contributed by atoms with Crippen LogP contribution in [0.1, 0.15) is 25.7 Å². The average molecular weight is 212 g/mol.